The third kappa shape index (κ3) is 7.70. The average molecular weight is 270 g/mol. The minimum atomic E-state index is -0.758. The summed E-state index contributed by atoms with van der Waals surface area (Å²) in [7, 11) is 0. The molecule has 2 unspecified atom stereocenters. The number of hydrogen-bond acceptors (Lipinski definition) is 2. The minimum Gasteiger partial charge on any atom is -0.481 e. The van der Waals surface area contributed by atoms with E-state index in [1.54, 1.807) is 0 Å². The van der Waals surface area contributed by atoms with Crippen LogP contribution in [0.3, 0.4) is 0 Å². The summed E-state index contributed by atoms with van der Waals surface area (Å²) in [5.74, 6) is 0.935. The largest absolute Gasteiger partial charge is 0.481 e. The third-order valence-electron chi connectivity index (χ3n) is 3.79. The second kappa shape index (κ2) is 8.02. The second-order valence-corrected chi connectivity index (χ2v) is 5.78. The molecule has 2 amide bonds. The van der Waals surface area contributed by atoms with Crippen molar-refractivity contribution in [2.75, 3.05) is 13.1 Å². The molecule has 1 saturated carbocycles. The molecule has 0 heterocycles. The maximum Gasteiger partial charge on any atom is 0.314 e. The number of carbonyl (C=O) groups excluding carboxylic acids is 1. The molecule has 110 valence electrons. The molecule has 2 atom stereocenters. The van der Waals surface area contributed by atoms with Crippen LogP contribution in [0.15, 0.2) is 0 Å². The molecule has 0 aromatic heterocycles. The molecule has 0 spiro atoms. The maximum atomic E-state index is 11.5. The maximum absolute atomic E-state index is 11.5. The lowest BCUT2D eigenvalue weighted by Crippen LogP contribution is -2.38. The molecule has 1 aliphatic rings. The fourth-order valence-corrected chi connectivity index (χ4v) is 2.09. The predicted octanol–water partition coefficient (Wildman–Crippen LogP) is 2.22. The fraction of sp³-hybridized carbons (Fsp3) is 0.857. The van der Waals surface area contributed by atoms with Crippen LogP contribution in [0, 0.1) is 17.8 Å². The Hall–Kier alpha value is -1.26. The van der Waals surface area contributed by atoms with E-state index in [-0.39, 0.29) is 12.5 Å². The lowest BCUT2D eigenvalue weighted by molar-refractivity contribution is -0.137. The SMILES string of the molecule is CC(CCNC(=O)NCC(C)C1CC1)CCC(=O)O. The van der Waals surface area contributed by atoms with Gasteiger partial charge in [0, 0.05) is 19.5 Å². The smallest absolute Gasteiger partial charge is 0.314 e. The number of hydrogen-bond donors (Lipinski definition) is 3. The van der Waals surface area contributed by atoms with Crippen LogP contribution in [0.4, 0.5) is 4.79 Å². The highest BCUT2D eigenvalue weighted by molar-refractivity contribution is 5.73. The Bertz CT molecular complexity index is 303. The zero-order valence-electron chi connectivity index (χ0n) is 11.9. The number of aliphatic carboxylic acids is 1. The van der Waals surface area contributed by atoms with Gasteiger partial charge in [-0.3, -0.25) is 4.79 Å². The van der Waals surface area contributed by atoms with E-state index in [0.717, 1.165) is 18.9 Å². The first-order chi connectivity index (χ1) is 8.99. The van der Waals surface area contributed by atoms with Gasteiger partial charge in [-0.2, -0.15) is 0 Å². The van der Waals surface area contributed by atoms with Gasteiger partial charge in [-0.25, -0.2) is 4.79 Å². The minimum absolute atomic E-state index is 0.113. The van der Waals surface area contributed by atoms with Crippen molar-refractivity contribution in [3.8, 4) is 0 Å². The van der Waals surface area contributed by atoms with Crippen LogP contribution in [0.2, 0.25) is 0 Å². The molecule has 0 aromatic carbocycles. The Labute approximate surface area is 115 Å². The molecule has 0 radical (unpaired) electrons. The average Bonchev–Trinajstić information content (AvgIpc) is 3.17. The van der Waals surface area contributed by atoms with Gasteiger partial charge in [0.05, 0.1) is 0 Å². The molecule has 3 N–H and O–H groups in total. The van der Waals surface area contributed by atoms with Crippen molar-refractivity contribution in [1.82, 2.24) is 10.6 Å². The van der Waals surface area contributed by atoms with Crippen molar-refractivity contribution < 1.29 is 14.7 Å². The summed E-state index contributed by atoms with van der Waals surface area (Å²) in [6.45, 7) is 5.53. The van der Waals surface area contributed by atoms with E-state index in [2.05, 4.69) is 17.6 Å². The summed E-state index contributed by atoms with van der Waals surface area (Å²) in [6.07, 6.45) is 4.28. The monoisotopic (exact) mass is 270 g/mol. The van der Waals surface area contributed by atoms with Crippen LogP contribution in [0.1, 0.15) is 46.0 Å². The van der Waals surface area contributed by atoms with Crippen LogP contribution < -0.4 is 10.6 Å². The van der Waals surface area contributed by atoms with E-state index < -0.39 is 5.97 Å². The number of carboxylic acid groups (broad SMARTS) is 1. The van der Waals surface area contributed by atoms with Gasteiger partial charge in [0.15, 0.2) is 0 Å². The van der Waals surface area contributed by atoms with Gasteiger partial charge in [-0.15, -0.1) is 0 Å². The molecule has 0 aliphatic heterocycles. The third-order valence-corrected chi connectivity index (χ3v) is 3.79. The van der Waals surface area contributed by atoms with Crippen molar-refractivity contribution in [3.63, 3.8) is 0 Å². The topological polar surface area (TPSA) is 78.4 Å². The predicted molar refractivity (Wildman–Crippen MR) is 73.9 cm³/mol. The van der Waals surface area contributed by atoms with Crippen molar-refractivity contribution in [2.24, 2.45) is 17.8 Å². The van der Waals surface area contributed by atoms with E-state index in [1.165, 1.54) is 12.8 Å². The molecule has 1 aliphatic carbocycles. The van der Waals surface area contributed by atoms with E-state index in [1.807, 2.05) is 6.92 Å². The van der Waals surface area contributed by atoms with E-state index >= 15 is 0 Å². The Balaban J connectivity index is 1.98. The summed E-state index contributed by atoms with van der Waals surface area (Å²) in [5.41, 5.74) is 0. The van der Waals surface area contributed by atoms with Crippen molar-refractivity contribution in [3.05, 3.63) is 0 Å². The number of rotatable bonds is 9. The van der Waals surface area contributed by atoms with Gasteiger partial charge < -0.3 is 15.7 Å². The lowest BCUT2D eigenvalue weighted by Gasteiger charge is -2.14. The molecular weight excluding hydrogens is 244 g/mol. The normalized spacial score (nSPS) is 17.6. The highest BCUT2D eigenvalue weighted by Gasteiger charge is 2.27. The molecule has 19 heavy (non-hydrogen) atoms. The number of amides is 2. The van der Waals surface area contributed by atoms with Crippen molar-refractivity contribution in [2.45, 2.75) is 46.0 Å². The summed E-state index contributed by atoms with van der Waals surface area (Å²) < 4.78 is 0. The van der Waals surface area contributed by atoms with Gasteiger partial charge >= 0.3 is 12.0 Å². The molecule has 0 bridgehead atoms. The van der Waals surface area contributed by atoms with Crippen LogP contribution in [0.5, 0.6) is 0 Å². The zero-order chi connectivity index (χ0) is 14.3. The summed E-state index contributed by atoms with van der Waals surface area (Å²) in [5, 5.41) is 14.3. The molecular formula is C14H26N2O3. The molecule has 5 heteroatoms. The van der Waals surface area contributed by atoms with Crippen LogP contribution >= 0.6 is 0 Å². The Kier molecular flexibility index (Phi) is 6.67. The summed E-state index contributed by atoms with van der Waals surface area (Å²) in [4.78, 5) is 21.9. The van der Waals surface area contributed by atoms with Crippen molar-refractivity contribution in [1.29, 1.82) is 0 Å². The van der Waals surface area contributed by atoms with Gasteiger partial charge in [0.1, 0.15) is 0 Å². The number of carboxylic acids is 1. The highest BCUT2D eigenvalue weighted by Crippen LogP contribution is 2.35. The first-order valence-electron chi connectivity index (χ1n) is 7.22. The molecule has 1 fully saturated rings. The quantitative estimate of drug-likeness (QED) is 0.601. The van der Waals surface area contributed by atoms with E-state index in [0.29, 0.717) is 24.8 Å². The van der Waals surface area contributed by atoms with Crippen LogP contribution in [0.25, 0.3) is 0 Å². The first-order valence-corrected chi connectivity index (χ1v) is 7.22. The number of nitrogens with one attached hydrogen (secondary N) is 2. The van der Waals surface area contributed by atoms with Gasteiger partial charge in [-0.05, 0) is 43.4 Å². The number of carbonyl (C=O) groups is 2. The Morgan fingerprint density at radius 1 is 1.21 bits per heavy atom. The van der Waals surface area contributed by atoms with Crippen molar-refractivity contribution >= 4 is 12.0 Å². The van der Waals surface area contributed by atoms with E-state index in [9.17, 15) is 9.59 Å². The van der Waals surface area contributed by atoms with Crippen LogP contribution in [-0.2, 0) is 4.79 Å². The van der Waals surface area contributed by atoms with Gasteiger partial charge in [0.25, 0.3) is 0 Å². The molecule has 0 aromatic rings. The molecule has 5 nitrogen and oxygen atoms in total. The zero-order valence-corrected chi connectivity index (χ0v) is 11.9. The van der Waals surface area contributed by atoms with Gasteiger partial charge in [-0.1, -0.05) is 13.8 Å². The van der Waals surface area contributed by atoms with Crippen LogP contribution in [-0.4, -0.2) is 30.2 Å². The van der Waals surface area contributed by atoms with E-state index in [4.69, 9.17) is 5.11 Å². The first kappa shape index (κ1) is 15.8. The lowest BCUT2D eigenvalue weighted by atomic mass is 10.0. The summed E-state index contributed by atoms with van der Waals surface area (Å²) in [6, 6.07) is -0.113. The highest BCUT2D eigenvalue weighted by atomic mass is 16.4. The van der Waals surface area contributed by atoms with Gasteiger partial charge in [0.2, 0.25) is 0 Å². The molecule has 1 rings (SSSR count). The summed E-state index contributed by atoms with van der Waals surface area (Å²) >= 11 is 0. The fourth-order valence-electron chi connectivity index (χ4n) is 2.09. The number of urea groups is 1. The second-order valence-electron chi connectivity index (χ2n) is 5.78. The standard InChI is InChI=1S/C14H26N2O3/c1-10(3-6-13(17)18)7-8-15-14(19)16-9-11(2)12-4-5-12/h10-12H,3-9H2,1-2H3,(H,17,18)(H2,15,16,19). The molecule has 0 saturated heterocycles. The Morgan fingerprint density at radius 3 is 2.47 bits per heavy atom. The Morgan fingerprint density at radius 2 is 1.89 bits per heavy atom.